The second kappa shape index (κ2) is 6.98. The predicted octanol–water partition coefficient (Wildman–Crippen LogP) is 1.06. The molecule has 3 fully saturated rings. The SMILES string of the molecule is BC1CCCCC2NC(=O)C3(CC(C(=O)OP)N(P)C3)C2CC1. The van der Waals surface area contributed by atoms with Crippen LogP contribution in [0, 0.1) is 11.3 Å². The summed E-state index contributed by atoms with van der Waals surface area (Å²) in [4.78, 5) is 24.9. The summed E-state index contributed by atoms with van der Waals surface area (Å²) in [5, 5.41) is 3.26. The molecule has 1 N–H and O–H groups in total. The molecular weight excluding hydrogens is 329 g/mol. The Bertz CT molecular complexity index is 495. The highest BCUT2D eigenvalue weighted by Crippen LogP contribution is 2.51. The Labute approximate surface area is 144 Å². The minimum absolute atomic E-state index is 0.146. The summed E-state index contributed by atoms with van der Waals surface area (Å²) >= 11 is 0. The highest BCUT2D eigenvalue weighted by atomic mass is 31.0. The molecule has 0 aromatic heterocycles. The van der Waals surface area contributed by atoms with Crippen molar-refractivity contribution >= 4 is 38.6 Å². The molecular formula is C15H27BN2O3P2. The first-order valence-electron chi connectivity index (χ1n) is 8.71. The van der Waals surface area contributed by atoms with Crippen LogP contribution in [0.2, 0.25) is 5.82 Å². The maximum Gasteiger partial charge on any atom is 0.325 e. The number of hydrogen-bond acceptors (Lipinski definition) is 4. The second-order valence-corrected chi connectivity index (χ2v) is 8.54. The van der Waals surface area contributed by atoms with E-state index in [1.54, 1.807) is 0 Å². The molecule has 0 bridgehead atoms. The molecule has 0 aromatic rings. The van der Waals surface area contributed by atoms with Crippen LogP contribution < -0.4 is 5.32 Å². The van der Waals surface area contributed by atoms with E-state index in [9.17, 15) is 9.59 Å². The average molecular weight is 356 g/mol. The number of nitrogens with one attached hydrogen (secondary N) is 1. The Morgan fingerprint density at radius 1 is 1.30 bits per heavy atom. The topological polar surface area (TPSA) is 58.6 Å². The second-order valence-electron chi connectivity index (χ2n) is 7.64. The van der Waals surface area contributed by atoms with Crippen LogP contribution in [0.1, 0.15) is 44.9 Å². The van der Waals surface area contributed by atoms with Crippen molar-refractivity contribution in [3.8, 4) is 0 Å². The van der Waals surface area contributed by atoms with Crippen molar-refractivity contribution in [1.29, 1.82) is 0 Å². The maximum absolute atomic E-state index is 12.9. The third kappa shape index (κ3) is 3.19. The summed E-state index contributed by atoms with van der Waals surface area (Å²) in [6, 6.07) is -0.0657. The lowest BCUT2D eigenvalue weighted by Gasteiger charge is -2.30. The van der Waals surface area contributed by atoms with Crippen LogP contribution in [-0.2, 0) is 14.1 Å². The Kier molecular flexibility index (Phi) is 5.35. The van der Waals surface area contributed by atoms with Gasteiger partial charge in [-0.1, -0.05) is 40.9 Å². The van der Waals surface area contributed by atoms with Crippen molar-refractivity contribution in [3.05, 3.63) is 0 Å². The van der Waals surface area contributed by atoms with Gasteiger partial charge in [0.1, 0.15) is 13.9 Å². The van der Waals surface area contributed by atoms with Gasteiger partial charge < -0.3 is 9.84 Å². The van der Waals surface area contributed by atoms with E-state index in [-0.39, 0.29) is 24.0 Å². The molecule has 2 aliphatic heterocycles. The van der Waals surface area contributed by atoms with Gasteiger partial charge >= 0.3 is 5.97 Å². The fraction of sp³-hybridized carbons (Fsp3) is 0.867. The normalized spacial score (nSPS) is 41.7. The van der Waals surface area contributed by atoms with Crippen molar-refractivity contribution in [2.45, 2.75) is 62.8 Å². The van der Waals surface area contributed by atoms with Crippen molar-refractivity contribution in [3.63, 3.8) is 0 Å². The summed E-state index contributed by atoms with van der Waals surface area (Å²) in [5.74, 6) is 0.936. The van der Waals surface area contributed by atoms with Gasteiger partial charge in [-0.05, 0) is 25.2 Å². The van der Waals surface area contributed by atoms with Gasteiger partial charge in [-0.3, -0.25) is 14.3 Å². The van der Waals surface area contributed by atoms with Gasteiger partial charge in [0.15, 0.2) is 0 Å². The number of carbonyl (C=O) groups is 2. The largest absolute Gasteiger partial charge is 0.450 e. The van der Waals surface area contributed by atoms with Gasteiger partial charge in [0.25, 0.3) is 0 Å². The first-order chi connectivity index (χ1) is 11.0. The maximum atomic E-state index is 12.9. The standard InChI is InChI=1S/C15H27BN2O3P2/c16-9-3-1-2-4-11-10(6-5-9)15(14(20)17-11)7-12(13(19)21-23)18(22)8-15/h9-12H,1-8,16,22-23H2,(H,17,20). The summed E-state index contributed by atoms with van der Waals surface area (Å²) < 4.78 is 6.77. The summed E-state index contributed by atoms with van der Waals surface area (Å²) in [7, 11) is 6.97. The van der Waals surface area contributed by atoms with Crippen LogP contribution in [0.4, 0.5) is 0 Å². The minimum Gasteiger partial charge on any atom is -0.450 e. The van der Waals surface area contributed by atoms with E-state index in [0.29, 0.717) is 18.9 Å². The molecule has 5 nitrogen and oxygen atoms in total. The Balaban J connectivity index is 1.85. The molecule has 0 radical (unpaired) electrons. The molecule has 8 heteroatoms. The van der Waals surface area contributed by atoms with E-state index in [1.165, 1.54) is 25.7 Å². The van der Waals surface area contributed by atoms with Crippen molar-refractivity contribution in [2.75, 3.05) is 6.54 Å². The van der Waals surface area contributed by atoms with Crippen molar-refractivity contribution in [2.24, 2.45) is 11.3 Å². The van der Waals surface area contributed by atoms with Gasteiger partial charge in [0.05, 0.1) is 14.9 Å². The van der Waals surface area contributed by atoms with Crippen LogP contribution in [0.15, 0.2) is 0 Å². The van der Waals surface area contributed by atoms with E-state index >= 15 is 0 Å². The number of rotatable bonds is 1. The molecule has 0 aromatic carbocycles. The van der Waals surface area contributed by atoms with Gasteiger partial charge in [-0.15, -0.1) is 0 Å². The highest BCUT2D eigenvalue weighted by Gasteiger charge is 2.60. The fourth-order valence-electron chi connectivity index (χ4n) is 4.88. The minimum atomic E-state index is -0.431. The monoisotopic (exact) mass is 356 g/mol. The molecule has 2 heterocycles. The average Bonchev–Trinajstić information content (AvgIpc) is 3.01. The highest BCUT2D eigenvalue weighted by molar-refractivity contribution is 7.13. The van der Waals surface area contributed by atoms with E-state index < -0.39 is 5.41 Å². The first-order valence-corrected chi connectivity index (χ1v) is 9.69. The van der Waals surface area contributed by atoms with Gasteiger partial charge in [-0.2, -0.15) is 0 Å². The third-order valence-corrected chi connectivity index (χ3v) is 6.98. The molecule has 2 saturated heterocycles. The van der Waals surface area contributed by atoms with Gasteiger partial charge in [0.2, 0.25) is 5.91 Å². The smallest absolute Gasteiger partial charge is 0.325 e. The van der Waals surface area contributed by atoms with Crippen LogP contribution in [0.3, 0.4) is 0 Å². The van der Waals surface area contributed by atoms with E-state index in [1.807, 2.05) is 14.1 Å². The van der Waals surface area contributed by atoms with Crippen LogP contribution >= 0.6 is 18.9 Å². The van der Waals surface area contributed by atoms with Crippen molar-refractivity contribution in [1.82, 2.24) is 9.99 Å². The molecule has 1 amide bonds. The van der Waals surface area contributed by atoms with E-state index in [2.05, 4.69) is 22.6 Å². The van der Waals surface area contributed by atoms with Gasteiger partial charge in [0, 0.05) is 12.6 Å². The number of fused-ring (bicyclic) bond motifs is 2. The molecule has 3 aliphatic rings. The molecule has 1 aliphatic carbocycles. The molecule has 128 valence electrons. The summed E-state index contributed by atoms with van der Waals surface area (Å²) in [6.45, 7) is 0.628. The van der Waals surface area contributed by atoms with Gasteiger partial charge in [-0.25, -0.2) is 0 Å². The molecule has 1 saturated carbocycles. The zero-order valence-electron chi connectivity index (χ0n) is 13.8. The van der Waals surface area contributed by atoms with Crippen LogP contribution in [0.25, 0.3) is 0 Å². The lowest BCUT2D eigenvalue weighted by molar-refractivity contribution is -0.136. The number of amides is 1. The van der Waals surface area contributed by atoms with Crippen LogP contribution in [0.5, 0.6) is 0 Å². The Morgan fingerprint density at radius 3 is 2.78 bits per heavy atom. The number of hydrogen-bond donors (Lipinski definition) is 1. The van der Waals surface area contributed by atoms with Crippen LogP contribution in [-0.4, -0.2) is 43.0 Å². The lowest BCUT2D eigenvalue weighted by Crippen LogP contribution is -2.37. The first kappa shape index (κ1) is 17.6. The van der Waals surface area contributed by atoms with Crippen molar-refractivity contribution < 1.29 is 14.1 Å². The zero-order chi connectivity index (χ0) is 16.6. The quantitative estimate of drug-likeness (QED) is 0.564. The summed E-state index contributed by atoms with van der Waals surface area (Å²) in [6.07, 6.45) is 7.62. The number of nitrogens with zero attached hydrogens (tertiary/aromatic N) is 1. The number of carbonyl (C=O) groups excluding carboxylic acids is 2. The lowest BCUT2D eigenvalue weighted by atomic mass is 9.69. The fourth-order valence-corrected chi connectivity index (χ4v) is 5.59. The van der Waals surface area contributed by atoms with E-state index in [4.69, 9.17) is 4.52 Å². The molecule has 3 rings (SSSR count). The summed E-state index contributed by atoms with van der Waals surface area (Å²) in [5.41, 5.74) is -0.431. The molecule has 7 atom stereocenters. The Morgan fingerprint density at radius 2 is 2.04 bits per heavy atom. The molecule has 23 heavy (non-hydrogen) atoms. The Hall–Kier alpha value is -0.175. The molecule has 7 unspecified atom stereocenters. The van der Waals surface area contributed by atoms with E-state index in [0.717, 1.165) is 18.7 Å². The zero-order valence-corrected chi connectivity index (χ0v) is 16.1. The molecule has 1 spiro atoms. The predicted molar refractivity (Wildman–Crippen MR) is 98.5 cm³/mol. The third-order valence-electron chi connectivity index (χ3n) is 6.21.